The lowest BCUT2D eigenvalue weighted by Crippen LogP contribution is -2.42. The molecule has 4 heteroatoms. The lowest BCUT2D eigenvalue weighted by Gasteiger charge is -2.22. The number of hydrogen-bond acceptors (Lipinski definition) is 2. The van der Waals surface area contributed by atoms with Crippen LogP contribution in [0.5, 0.6) is 0 Å². The summed E-state index contributed by atoms with van der Waals surface area (Å²) in [5.74, 6) is -0.162. The smallest absolute Gasteiger partial charge is 0.250 e. The molecule has 0 bridgehead atoms. The summed E-state index contributed by atoms with van der Waals surface area (Å²) in [4.78, 5) is 14.0. The third-order valence-corrected chi connectivity index (χ3v) is 3.99. The van der Waals surface area contributed by atoms with Crippen LogP contribution in [0.2, 0.25) is 0 Å². The fraction of sp³-hybridized carbons (Fsp3) is 0.412. The maximum Gasteiger partial charge on any atom is 0.250 e. The van der Waals surface area contributed by atoms with E-state index in [2.05, 4.69) is 10.2 Å². The van der Waals surface area contributed by atoms with Gasteiger partial charge in [0.25, 0.3) is 0 Å². The highest BCUT2D eigenvalue weighted by Crippen LogP contribution is 2.09. The van der Waals surface area contributed by atoms with Crippen molar-refractivity contribution in [2.45, 2.75) is 32.6 Å². The Morgan fingerprint density at radius 3 is 2.38 bits per heavy atom. The molecular weight excluding hydrogens is 280 g/mol. The summed E-state index contributed by atoms with van der Waals surface area (Å²) in [6.07, 6.45) is 8.14. The number of likely N-dealkylation sites (tertiary alicyclic amines) is 1. The molecule has 0 unspecified atom stereocenters. The van der Waals surface area contributed by atoms with Crippen LogP contribution in [0.1, 0.15) is 36.8 Å². The number of benzene rings is 1. The van der Waals surface area contributed by atoms with Crippen molar-refractivity contribution in [2.24, 2.45) is 0 Å². The molecule has 1 fully saturated rings. The van der Waals surface area contributed by atoms with Crippen LogP contribution in [-0.2, 0) is 4.79 Å². The zero-order valence-corrected chi connectivity index (χ0v) is 13.3. The van der Waals surface area contributed by atoms with Gasteiger partial charge in [-0.1, -0.05) is 42.7 Å². The van der Waals surface area contributed by atoms with Crippen molar-refractivity contribution in [3.63, 3.8) is 0 Å². The molecule has 112 valence electrons. The molecule has 1 saturated heterocycles. The van der Waals surface area contributed by atoms with Gasteiger partial charge in [-0.05, 0) is 43.6 Å². The van der Waals surface area contributed by atoms with E-state index in [4.69, 9.17) is 12.2 Å². The topological polar surface area (TPSA) is 32.3 Å². The van der Waals surface area contributed by atoms with Crippen molar-refractivity contribution in [1.29, 1.82) is 0 Å². The van der Waals surface area contributed by atoms with Gasteiger partial charge in [-0.15, -0.1) is 0 Å². The number of nitrogens with zero attached hydrogens (tertiary/aromatic N) is 1. The normalized spacial score (nSPS) is 15.8. The Balaban J connectivity index is 1.85. The molecule has 0 atom stereocenters. The molecule has 0 aliphatic carbocycles. The molecule has 0 radical (unpaired) electrons. The highest BCUT2D eigenvalue weighted by molar-refractivity contribution is 7.80. The van der Waals surface area contributed by atoms with Gasteiger partial charge in [0.05, 0.1) is 0 Å². The molecule has 21 heavy (non-hydrogen) atoms. The van der Waals surface area contributed by atoms with Crippen LogP contribution in [0.3, 0.4) is 0 Å². The second-order valence-electron chi connectivity index (χ2n) is 5.44. The first-order valence-corrected chi connectivity index (χ1v) is 7.90. The monoisotopic (exact) mass is 302 g/mol. The molecular formula is C17H22N2OS. The summed E-state index contributed by atoms with van der Waals surface area (Å²) < 4.78 is 0. The van der Waals surface area contributed by atoms with E-state index in [-0.39, 0.29) is 5.91 Å². The minimum Gasteiger partial charge on any atom is -0.349 e. The van der Waals surface area contributed by atoms with Crippen molar-refractivity contribution < 1.29 is 4.79 Å². The third-order valence-electron chi connectivity index (χ3n) is 3.63. The average molecular weight is 302 g/mol. The quantitative estimate of drug-likeness (QED) is 0.672. The van der Waals surface area contributed by atoms with Crippen LogP contribution in [0.15, 0.2) is 30.3 Å². The molecule has 1 N–H and O–H groups in total. The zero-order chi connectivity index (χ0) is 15.1. The molecule has 1 aliphatic heterocycles. The van der Waals surface area contributed by atoms with Gasteiger partial charge in [0, 0.05) is 19.2 Å². The Morgan fingerprint density at radius 1 is 1.14 bits per heavy atom. The fourth-order valence-electron chi connectivity index (χ4n) is 2.35. The number of thiocarbonyl (C=S) groups is 1. The molecule has 1 aromatic rings. The van der Waals surface area contributed by atoms with E-state index < -0.39 is 0 Å². The third kappa shape index (κ3) is 5.31. The van der Waals surface area contributed by atoms with E-state index in [1.165, 1.54) is 24.5 Å². The maximum absolute atomic E-state index is 11.9. The lowest BCUT2D eigenvalue weighted by molar-refractivity contribution is -0.115. The van der Waals surface area contributed by atoms with Gasteiger partial charge in [0.1, 0.15) is 0 Å². The second kappa shape index (κ2) is 7.93. The Morgan fingerprint density at radius 2 is 1.76 bits per heavy atom. The SMILES string of the molecule is Cc1ccc(/C=C/C(=O)NC(=S)N2CCCCCC2)cc1. The molecule has 1 aromatic carbocycles. The molecule has 0 spiro atoms. The van der Waals surface area contributed by atoms with E-state index in [1.54, 1.807) is 6.08 Å². The molecule has 1 aliphatic rings. The van der Waals surface area contributed by atoms with Crippen molar-refractivity contribution in [3.05, 3.63) is 41.5 Å². The van der Waals surface area contributed by atoms with Crippen molar-refractivity contribution >= 4 is 29.3 Å². The summed E-state index contributed by atoms with van der Waals surface area (Å²) in [6.45, 7) is 3.93. The number of hydrogen-bond donors (Lipinski definition) is 1. The first kappa shape index (κ1) is 15.7. The van der Waals surface area contributed by atoms with Gasteiger partial charge in [0.2, 0.25) is 5.91 Å². The Bertz CT molecular complexity index is 514. The van der Waals surface area contributed by atoms with Crippen LogP contribution in [0.4, 0.5) is 0 Å². The van der Waals surface area contributed by atoms with Crippen LogP contribution >= 0.6 is 12.2 Å². The van der Waals surface area contributed by atoms with Crippen molar-refractivity contribution in [2.75, 3.05) is 13.1 Å². The highest BCUT2D eigenvalue weighted by Gasteiger charge is 2.13. The number of amides is 1. The first-order chi connectivity index (χ1) is 10.1. The average Bonchev–Trinajstić information content (AvgIpc) is 2.76. The summed E-state index contributed by atoms with van der Waals surface area (Å²) in [6, 6.07) is 8.04. The van der Waals surface area contributed by atoms with Crippen molar-refractivity contribution in [1.82, 2.24) is 10.2 Å². The summed E-state index contributed by atoms with van der Waals surface area (Å²) in [5.41, 5.74) is 2.22. The van der Waals surface area contributed by atoms with E-state index in [9.17, 15) is 4.79 Å². The van der Waals surface area contributed by atoms with Crippen molar-refractivity contribution in [3.8, 4) is 0 Å². The number of rotatable bonds is 2. The number of carbonyl (C=O) groups excluding carboxylic acids is 1. The number of nitrogens with one attached hydrogen (secondary N) is 1. The van der Waals surface area contributed by atoms with Gasteiger partial charge in [-0.2, -0.15) is 0 Å². The van der Waals surface area contributed by atoms with Crippen LogP contribution in [0.25, 0.3) is 6.08 Å². The molecule has 1 heterocycles. The minimum atomic E-state index is -0.162. The highest BCUT2D eigenvalue weighted by atomic mass is 32.1. The maximum atomic E-state index is 11.9. The van der Waals surface area contributed by atoms with Crippen LogP contribution < -0.4 is 5.32 Å². The predicted molar refractivity (Wildman–Crippen MR) is 91.0 cm³/mol. The van der Waals surface area contributed by atoms with Gasteiger partial charge in [0.15, 0.2) is 5.11 Å². The predicted octanol–water partition coefficient (Wildman–Crippen LogP) is 3.29. The molecule has 0 saturated carbocycles. The zero-order valence-electron chi connectivity index (χ0n) is 12.5. The standard InChI is InChI=1S/C17H22N2OS/c1-14-6-8-15(9-7-14)10-11-16(20)18-17(21)19-12-4-2-3-5-13-19/h6-11H,2-5,12-13H2,1H3,(H,18,20,21)/b11-10+. The lowest BCUT2D eigenvalue weighted by atomic mass is 10.1. The van der Waals surface area contributed by atoms with Gasteiger partial charge < -0.3 is 4.90 Å². The van der Waals surface area contributed by atoms with E-state index in [0.29, 0.717) is 5.11 Å². The van der Waals surface area contributed by atoms with Crippen LogP contribution in [0, 0.1) is 6.92 Å². The van der Waals surface area contributed by atoms with E-state index in [1.807, 2.05) is 31.2 Å². The van der Waals surface area contributed by atoms with Gasteiger partial charge >= 0.3 is 0 Å². The summed E-state index contributed by atoms with van der Waals surface area (Å²) in [5, 5.41) is 3.34. The minimum absolute atomic E-state index is 0.162. The second-order valence-corrected chi connectivity index (χ2v) is 5.83. The number of aryl methyl sites for hydroxylation is 1. The Kier molecular flexibility index (Phi) is 5.93. The molecule has 3 nitrogen and oxygen atoms in total. The van der Waals surface area contributed by atoms with Gasteiger partial charge in [-0.3, -0.25) is 10.1 Å². The largest absolute Gasteiger partial charge is 0.349 e. The molecule has 2 rings (SSSR count). The van der Waals surface area contributed by atoms with E-state index >= 15 is 0 Å². The Hall–Kier alpha value is -1.68. The van der Waals surface area contributed by atoms with Crippen LogP contribution in [-0.4, -0.2) is 29.0 Å². The molecule has 0 aromatic heterocycles. The van der Waals surface area contributed by atoms with E-state index in [0.717, 1.165) is 31.5 Å². The number of carbonyl (C=O) groups is 1. The summed E-state index contributed by atoms with van der Waals surface area (Å²) in [7, 11) is 0. The first-order valence-electron chi connectivity index (χ1n) is 7.50. The Labute approximate surface area is 132 Å². The summed E-state index contributed by atoms with van der Waals surface area (Å²) >= 11 is 5.32. The molecule has 1 amide bonds. The fourth-order valence-corrected chi connectivity index (χ4v) is 2.63. The van der Waals surface area contributed by atoms with Gasteiger partial charge in [-0.25, -0.2) is 0 Å².